The molecule has 11 heteroatoms. The van der Waals surface area contributed by atoms with Gasteiger partial charge < -0.3 is 47.4 Å². The third-order valence-electron chi connectivity index (χ3n) is 13.0. The summed E-state index contributed by atoms with van der Waals surface area (Å²) in [6.45, 7) is 4.68. The smallest absolute Gasteiger partial charge is 0.187 e. The Balaban J connectivity index is 1.06. The Morgan fingerprint density at radius 1 is 0.311 bits per heavy atom. The van der Waals surface area contributed by atoms with Crippen LogP contribution in [0.2, 0.25) is 0 Å². The third-order valence-corrected chi connectivity index (χ3v) is 14.1. The average molecular weight is 1020 g/mol. The third kappa shape index (κ3) is 15.8. The molecule has 2 aliphatic rings. The van der Waals surface area contributed by atoms with E-state index in [1.807, 2.05) is 140 Å². The van der Waals surface area contributed by atoms with Gasteiger partial charge in [0.1, 0.15) is 54.3 Å². The summed E-state index contributed by atoms with van der Waals surface area (Å²) in [6, 6.07) is 71.1. The minimum Gasteiger partial charge on any atom is -0.374 e. The van der Waals surface area contributed by atoms with Gasteiger partial charge in [-0.15, -0.1) is 11.8 Å². The van der Waals surface area contributed by atoms with E-state index in [1.165, 1.54) is 0 Å². The second-order valence-electron chi connectivity index (χ2n) is 18.4. The van der Waals surface area contributed by atoms with Crippen molar-refractivity contribution in [3.05, 3.63) is 251 Å². The Kier molecular flexibility index (Phi) is 20.9. The molecule has 0 amide bonds. The maximum Gasteiger partial charge on any atom is 0.187 e. The molecule has 386 valence electrons. The first kappa shape index (κ1) is 53.3. The second kappa shape index (κ2) is 29.0. The van der Waals surface area contributed by atoms with Crippen molar-refractivity contribution in [2.24, 2.45) is 0 Å². The van der Waals surface area contributed by atoms with Crippen LogP contribution >= 0.6 is 11.8 Å². The maximum absolute atomic E-state index is 7.18. The lowest BCUT2D eigenvalue weighted by molar-refractivity contribution is -0.337. The highest BCUT2D eigenvalue weighted by molar-refractivity contribution is 7.99. The molecule has 0 saturated carbocycles. The van der Waals surface area contributed by atoms with Crippen LogP contribution in [0.3, 0.4) is 0 Å². The predicted octanol–water partition coefficient (Wildman–Crippen LogP) is 11.9. The van der Waals surface area contributed by atoms with Crippen LogP contribution in [-0.2, 0) is 93.6 Å². The first-order valence-electron chi connectivity index (χ1n) is 25.8. The van der Waals surface area contributed by atoms with Gasteiger partial charge in [-0.05, 0) is 44.7 Å². The van der Waals surface area contributed by atoms with Crippen molar-refractivity contribution in [3.8, 4) is 0 Å². The number of thioether (sulfide) groups is 1. The number of rotatable bonds is 27. The molecule has 0 aromatic heterocycles. The first-order valence-corrected chi connectivity index (χ1v) is 26.8. The van der Waals surface area contributed by atoms with Crippen LogP contribution < -0.4 is 0 Å². The van der Waals surface area contributed by atoms with Crippen LogP contribution in [0.5, 0.6) is 0 Å². The zero-order chi connectivity index (χ0) is 50.4. The van der Waals surface area contributed by atoms with E-state index >= 15 is 0 Å². The van der Waals surface area contributed by atoms with E-state index in [2.05, 4.69) is 79.7 Å². The van der Waals surface area contributed by atoms with Crippen LogP contribution in [0.25, 0.3) is 0 Å². The quantitative estimate of drug-likeness (QED) is 0.0493. The molecule has 10 atom stereocenters. The van der Waals surface area contributed by atoms with Crippen molar-refractivity contribution in [1.82, 2.24) is 0 Å². The molecule has 0 N–H and O–H groups in total. The van der Waals surface area contributed by atoms with Gasteiger partial charge >= 0.3 is 0 Å². The summed E-state index contributed by atoms with van der Waals surface area (Å²) in [5.74, 6) is 0.779. The molecular formula is C63H68O10S. The minimum absolute atomic E-state index is 0.0607. The summed E-state index contributed by atoms with van der Waals surface area (Å²) in [5, 5.41) is 0. The Hall–Kier alpha value is -5.51. The van der Waals surface area contributed by atoms with Gasteiger partial charge in [-0.1, -0.05) is 219 Å². The van der Waals surface area contributed by atoms with Gasteiger partial charge in [0.25, 0.3) is 0 Å². The Morgan fingerprint density at radius 2 is 0.608 bits per heavy atom. The Labute approximate surface area is 441 Å². The van der Waals surface area contributed by atoms with E-state index < -0.39 is 60.6 Å². The molecule has 0 bridgehead atoms. The Bertz CT molecular complexity index is 2590. The number of ether oxygens (including phenoxy) is 10. The zero-order valence-electron chi connectivity index (χ0n) is 42.0. The lowest BCUT2D eigenvalue weighted by Gasteiger charge is -2.48. The number of hydrogen-bond donors (Lipinski definition) is 0. The lowest BCUT2D eigenvalue weighted by Crippen LogP contribution is -2.63. The summed E-state index contributed by atoms with van der Waals surface area (Å²) >= 11 is 1.68. The van der Waals surface area contributed by atoms with Crippen LogP contribution in [0.4, 0.5) is 0 Å². The summed E-state index contributed by atoms with van der Waals surface area (Å²) in [4.78, 5) is 0. The zero-order valence-corrected chi connectivity index (χ0v) is 42.9. The van der Waals surface area contributed by atoms with E-state index in [4.69, 9.17) is 47.4 Å². The first-order chi connectivity index (χ1) is 36.7. The fourth-order valence-corrected chi connectivity index (χ4v) is 10.2. The van der Waals surface area contributed by atoms with Gasteiger partial charge in [-0.2, -0.15) is 0 Å². The summed E-state index contributed by atoms with van der Waals surface area (Å²) in [7, 11) is 0. The number of benzene rings is 7. The molecule has 2 heterocycles. The highest BCUT2D eigenvalue weighted by Gasteiger charge is 2.52. The molecule has 10 nitrogen and oxygen atoms in total. The topological polar surface area (TPSA) is 92.3 Å². The standard InChI is InChI=1S/C63H68O10S/c1-2-74-63-61(70-44-53-36-22-9-23-37-53)59(68-42-51-32-18-7-19-33-51)57(66-40-49-28-14-5-15-29-49)55(73-63)46-71-62-60(69-43-52-34-20-8-21-35-52)58(67-41-50-30-16-6-17-31-50)56(65-39-48-26-12-4-13-27-48)54(72-62)45-64-38-47-24-10-3-11-25-47/h3-37,54-63H,2,38-46H2,1H3/t54-,55-,56-,57-,58+,59+,60-,61-,62?,63+/m1/s1. The lowest BCUT2D eigenvalue weighted by atomic mass is 9.97. The molecule has 2 saturated heterocycles. The van der Waals surface area contributed by atoms with Crippen LogP contribution in [0.15, 0.2) is 212 Å². The van der Waals surface area contributed by atoms with Gasteiger partial charge in [0.2, 0.25) is 0 Å². The summed E-state index contributed by atoms with van der Waals surface area (Å²) in [6.07, 6.45) is -6.03. The molecule has 7 aromatic rings. The molecule has 2 aliphatic heterocycles. The van der Waals surface area contributed by atoms with Crippen LogP contribution in [-0.4, -0.2) is 79.5 Å². The van der Waals surface area contributed by atoms with E-state index in [1.54, 1.807) is 11.8 Å². The molecule has 1 unspecified atom stereocenters. The molecule has 0 spiro atoms. The molecule has 7 aromatic carbocycles. The highest BCUT2D eigenvalue weighted by atomic mass is 32.2. The normalized spacial score (nSPS) is 23.9. The molecule has 0 aliphatic carbocycles. The molecular weight excluding hydrogens is 949 g/mol. The van der Waals surface area contributed by atoms with E-state index in [-0.39, 0.29) is 19.8 Å². The van der Waals surface area contributed by atoms with Crippen molar-refractivity contribution < 1.29 is 47.4 Å². The fraction of sp³-hybridized carbons (Fsp3) is 0.333. The number of hydrogen-bond acceptors (Lipinski definition) is 11. The molecule has 9 rings (SSSR count). The SMILES string of the molecule is CCS[C@@H]1O[C@H](COC2O[C@H](COCc3ccccc3)[C@@H](OCc3ccccc3)[C@H](OCc3ccccc3)[C@H]2OCc2ccccc2)[C@@H](OCc2ccccc2)[C@H](OCc2ccccc2)[C@H]1OCc1ccccc1. The van der Waals surface area contributed by atoms with Gasteiger partial charge in [-0.25, -0.2) is 0 Å². The van der Waals surface area contributed by atoms with Crippen molar-refractivity contribution >= 4 is 11.8 Å². The van der Waals surface area contributed by atoms with E-state index in [0.29, 0.717) is 39.6 Å². The van der Waals surface area contributed by atoms with Gasteiger partial charge in [0, 0.05) is 0 Å². The second-order valence-corrected chi connectivity index (χ2v) is 19.8. The van der Waals surface area contributed by atoms with Crippen LogP contribution in [0.1, 0.15) is 45.9 Å². The molecule has 2 fully saturated rings. The van der Waals surface area contributed by atoms with Gasteiger partial charge in [-0.3, -0.25) is 0 Å². The maximum atomic E-state index is 7.18. The fourth-order valence-electron chi connectivity index (χ4n) is 9.25. The van der Waals surface area contributed by atoms with E-state index in [0.717, 1.165) is 44.7 Å². The molecule has 74 heavy (non-hydrogen) atoms. The monoisotopic (exact) mass is 1020 g/mol. The average Bonchev–Trinajstić information content (AvgIpc) is 3.46. The highest BCUT2D eigenvalue weighted by Crippen LogP contribution is 2.37. The predicted molar refractivity (Wildman–Crippen MR) is 288 cm³/mol. The van der Waals surface area contributed by atoms with Crippen molar-refractivity contribution in [2.45, 2.75) is 114 Å². The van der Waals surface area contributed by atoms with Crippen LogP contribution in [0, 0.1) is 0 Å². The summed E-state index contributed by atoms with van der Waals surface area (Å²) in [5.41, 5.74) is 6.75. The van der Waals surface area contributed by atoms with Gasteiger partial charge in [0.05, 0.1) is 59.5 Å². The van der Waals surface area contributed by atoms with Gasteiger partial charge in [0.15, 0.2) is 6.29 Å². The minimum atomic E-state index is -0.965. The van der Waals surface area contributed by atoms with Crippen molar-refractivity contribution in [2.75, 3.05) is 19.0 Å². The Morgan fingerprint density at radius 3 is 0.973 bits per heavy atom. The van der Waals surface area contributed by atoms with Crippen molar-refractivity contribution in [3.63, 3.8) is 0 Å². The summed E-state index contributed by atoms with van der Waals surface area (Å²) < 4.78 is 69.9. The largest absolute Gasteiger partial charge is 0.374 e. The van der Waals surface area contributed by atoms with E-state index in [9.17, 15) is 0 Å². The van der Waals surface area contributed by atoms with Crippen molar-refractivity contribution in [1.29, 1.82) is 0 Å². The molecule has 0 radical (unpaired) electrons.